The molecule has 10 rings (SSSR count). The lowest BCUT2D eigenvalue weighted by molar-refractivity contribution is 0.669. The average Bonchev–Trinajstić information content (AvgIpc) is 3.55. The Morgan fingerprint density at radius 1 is 0.245 bits per heavy atom. The minimum Gasteiger partial charge on any atom is -0.456 e. The lowest BCUT2D eigenvalue weighted by atomic mass is 9.85. The van der Waals surface area contributed by atoms with Gasteiger partial charge in [0.2, 0.25) is 0 Å². The summed E-state index contributed by atoms with van der Waals surface area (Å²) in [6.07, 6.45) is 0. The number of furan rings is 1. The van der Waals surface area contributed by atoms with Gasteiger partial charge in [-0.25, -0.2) is 0 Å². The van der Waals surface area contributed by atoms with Crippen LogP contribution in [0.1, 0.15) is 0 Å². The van der Waals surface area contributed by atoms with E-state index in [-0.39, 0.29) is 0 Å². The van der Waals surface area contributed by atoms with E-state index >= 15 is 0 Å². The molecular formula is C48H30O. The first kappa shape index (κ1) is 27.7. The van der Waals surface area contributed by atoms with Gasteiger partial charge in [0.25, 0.3) is 0 Å². The molecule has 1 heterocycles. The Kier molecular flexibility index (Phi) is 6.25. The predicted octanol–water partition coefficient (Wildman–Crippen LogP) is 13.7. The van der Waals surface area contributed by atoms with E-state index in [0.29, 0.717) is 0 Å². The van der Waals surface area contributed by atoms with Crippen molar-refractivity contribution in [1.29, 1.82) is 0 Å². The molecule has 1 aromatic heterocycles. The lowest BCUT2D eigenvalue weighted by Gasteiger charge is -2.18. The van der Waals surface area contributed by atoms with E-state index in [1.165, 1.54) is 71.3 Å². The fraction of sp³-hybridized carbons (Fsp3) is 0. The molecule has 0 aliphatic rings. The van der Waals surface area contributed by atoms with Crippen molar-refractivity contribution in [2.75, 3.05) is 0 Å². The largest absolute Gasteiger partial charge is 0.456 e. The van der Waals surface area contributed by atoms with Gasteiger partial charge >= 0.3 is 0 Å². The highest BCUT2D eigenvalue weighted by atomic mass is 16.3. The second-order valence-electron chi connectivity index (χ2n) is 12.9. The van der Waals surface area contributed by atoms with Crippen molar-refractivity contribution in [3.05, 3.63) is 182 Å². The third kappa shape index (κ3) is 4.55. The molecule has 0 bridgehead atoms. The van der Waals surface area contributed by atoms with Crippen molar-refractivity contribution in [1.82, 2.24) is 0 Å². The Bertz CT molecular complexity index is 2800. The van der Waals surface area contributed by atoms with E-state index in [0.717, 1.165) is 27.5 Å². The van der Waals surface area contributed by atoms with Crippen LogP contribution in [0.3, 0.4) is 0 Å². The maximum absolute atomic E-state index is 6.34. The Balaban J connectivity index is 1.13. The van der Waals surface area contributed by atoms with E-state index in [9.17, 15) is 0 Å². The molecule has 9 aromatic carbocycles. The maximum Gasteiger partial charge on any atom is 0.136 e. The Hall–Kier alpha value is -6.44. The van der Waals surface area contributed by atoms with Crippen LogP contribution in [0.25, 0.3) is 98.8 Å². The Labute approximate surface area is 284 Å². The normalized spacial score (nSPS) is 11.7. The third-order valence-electron chi connectivity index (χ3n) is 10.1. The van der Waals surface area contributed by atoms with Gasteiger partial charge in [-0.3, -0.25) is 0 Å². The molecule has 0 amide bonds. The quantitative estimate of drug-likeness (QED) is 0.178. The SMILES string of the molecule is c1ccc(-c2ccc(-c3ccc4ccc(-c5c6ccccc6c(-c6ccc7c(c6)oc6ccccc67)c6ccccc56)cc4c3)cc2)cc1. The van der Waals surface area contributed by atoms with Crippen LogP contribution in [0.15, 0.2) is 186 Å². The van der Waals surface area contributed by atoms with Crippen LogP contribution in [0.5, 0.6) is 0 Å². The van der Waals surface area contributed by atoms with Crippen LogP contribution in [-0.2, 0) is 0 Å². The summed E-state index contributed by atoms with van der Waals surface area (Å²) < 4.78 is 6.34. The molecule has 49 heavy (non-hydrogen) atoms. The van der Waals surface area contributed by atoms with Crippen LogP contribution in [-0.4, -0.2) is 0 Å². The van der Waals surface area contributed by atoms with Gasteiger partial charge in [-0.1, -0.05) is 152 Å². The first-order chi connectivity index (χ1) is 24.3. The summed E-state index contributed by atoms with van der Waals surface area (Å²) in [6, 6.07) is 65.8. The van der Waals surface area contributed by atoms with E-state index in [4.69, 9.17) is 4.42 Å². The summed E-state index contributed by atoms with van der Waals surface area (Å²) in [4.78, 5) is 0. The van der Waals surface area contributed by atoms with Crippen LogP contribution in [0, 0.1) is 0 Å². The molecule has 0 aliphatic heterocycles. The van der Waals surface area contributed by atoms with Crippen molar-refractivity contribution in [3.63, 3.8) is 0 Å². The fourth-order valence-electron chi connectivity index (χ4n) is 7.70. The van der Waals surface area contributed by atoms with Gasteiger partial charge in [0.15, 0.2) is 0 Å². The Morgan fingerprint density at radius 2 is 0.673 bits per heavy atom. The predicted molar refractivity (Wildman–Crippen MR) is 208 cm³/mol. The van der Waals surface area contributed by atoms with Gasteiger partial charge in [0, 0.05) is 10.8 Å². The summed E-state index contributed by atoms with van der Waals surface area (Å²) in [6.45, 7) is 0. The molecule has 0 radical (unpaired) electrons. The third-order valence-corrected chi connectivity index (χ3v) is 10.1. The molecular weight excluding hydrogens is 593 g/mol. The van der Waals surface area contributed by atoms with Crippen molar-refractivity contribution in [2.45, 2.75) is 0 Å². The molecule has 10 aromatic rings. The molecule has 1 heteroatoms. The van der Waals surface area contributed by atoms with E-state index in [1.54, 1.807) is 0 Å². The molecule has 0 saturated heterocycles. The first-order valence-electron chi connectivity index (χ1n) is 16.8. The molecule has 0 spiro atoms. The lowest BCUT2D eigenvalue weighted by Crippen LogP contribution is -1.91. The number of fused-ring (bicyclic) bond motifs is 6. The van der Waals surface area contributed by atoms with Crippen molar-refractivity contribution in [3.8, 4) is 44.5 Å². The molecule has 228 valence electrons. The zero-order chi connectivity index (χ0) is 32.3. The van der Waals surface area contributed by atoms with Crippen molar-refractivity contribution in [2.24, 2.45) is 0 Å². The highest BCUT2D eigenvalue weighted by Crippen LogP contribution is 2.45. The summed E-state index contributed by atoms with van der Waals surface area (Å²) in [5.74, 6) is 0. The Morgan fingerprint density at radius 3 is 1.33 bits per heavy atom. The van der Waals surface area contributed by atoms with Gasteiger partial charge in [-0.05, 0) is 107 Å². The maximum atomic E-state index is 6.34. The highest BCUT2D eigenvalue weighted by molar-refractivity contribution is 6.22. The summed E-state index contributed by atoms with van der Waals surface area (Å²) in [5, 5.41) is 9.72. The topological polar surface area (TPSA) is 13.1 Å². The monoisotopic (exact) mass is 622 g/mol. The number of rotatable bonds is 4. The average molecular weight is 623 g/mol. The van der Waals surface area contributed by atoms with Crippen LogP contribution in [0.4, 0.5) is 0 Å². The zero-order valence-corrected chi connectivity index (χ0v) is 26.7. The zero-order valence-electron chi connectivity index (χ0n) is 26.7. The number of hydrogen-bond acceptors (Lipinski definition) is 1. The van der Waals surface area contributed by atoms with Gasteiger partial charge in [0.1, 0.15) is 11.2 Å². The van der Waals surface area contributed by atoms with Gasteiger partial charge in [0.05, 0.1) is 0 Å². The van der Waals surface area contributed by atoms with E-state index < -0.39 is 0 Å². The van der Waals surface area contributed by atoms with Crippen molar-refractivity contribution >= 4 is 54.3 Å². The van der Waals surface area contributed by atoms with E-state index in [1.807, 2.05) is 12.1 Å². The number of benzene rings is 9. The summed E-state index contributed by atoms with van der Waals surface area (Å²) in [5.41, 5.74) is 11.6. The standard InChI is InChI=1S/C48H30O/c1-2-10-31(11-3-1)32-18-20-33(21-19-32)35-24-22-34-23-25-36(29-38(34)28-35)47-41-13-4-6-15-43(41)48(44-16-7-5-14-42(44)47)37-26-27-40-39-12-8-9-17-45(39)49-46(40)30-37/h1-30H. The van der Waals surface area contributed by atoms with Gasteiger partial charge < -0.3 is 4.42 Å². The molecule has 0 saturated carbocycles. The molecule has 0 N–H and O–H groups in total. The fourth-order valence-corrected chi connectivity index (χ4v) is 7.70. The summed E-state index contributed by atoms with van der Waals surface area (Å²) in [7, 11) is 0. The smallest absolute Gasteiger partial charge is 0.136 e. The van der Waals surface area contributed by atoms with Crippen molar-refractivity contribution < 1.29 is 4.42 Å². The minimum absolute atomic E-state index is 0.913. The first-order valence-corrected chi connectivity index (χ1v) is 16.8. The second-order valence-corrected chi connectivity index (χ2v) is 12.9. The number of para-hydroxylation sites is 1. The molecule has 1 nitrogen and oxygen atoms in total. The van der Waals surface area contributed by atoms with Gasteiger partial charge in [-0.2, -0.15) is 0 Å². The summed E-state index contributed by atoms with van der Waals surface area (Å²) >= 11 is 0. The van der Waals surface area contributed by atoms with Crippen LogP contribution >= 0.6 is 0 Å². The van der Waals surface area contributed by atoms with E-state index in [2.05, 4.69) is 170 Å². The highest BCUT2D eigenvalue weighted by Gasteiger charge is 2.18. The van der Waals surface area contributed by atoms with Crippen LogP contribution in [0.2, 0.25) is 0 Å². The minimum atomic E-state index is 0.913. The molecule has 0 fully saturated rings. The number of hydrogen-bond donors (Lipinski definition) is 0. The molecule has 0 aliphatic carbocycles. The molecule has 0 atom stereocenters. The van der Waals surface area contributed by atoms with Crippen LogP contribution < -0.4 is 0 Å². The van der Waals surface area contributed by atoms with Gasteiger partial charge in [-0.15, -0.1) is 0 Å². The molecule has 0 unspecified atom stereocenters. The second kappa shape index (κ2) is 11.1.